The lowest BCUT2D eigenvalue weighted by Gasteiger charge is -2.11. The fourth-order valence-electron chi connectivity index (χ4n) is 1.52. The van der Waals surface area contributed by atoms with E-state index in [0.717, 1.165) is 6.54 Å². The van der Waals surface area contributed by atoms with Crippen molar-refractivity contribution in [2.45, 2.75) is 6.92 Å². The van der Waals surface area contributed by atoms with Gasteiger partial charge < -0.3 is 10.6 Å². The Hall–Kier alpha value is -1.84. The van der Waals surface area contributed by atoms with Gasteiger partial charge in [-0.15, -0.1) is 0 Å². The van der Waals surface area contributed by atoms with Gasteiger partial charge in [-0.25, -0.2) is 4.98 Å². The second kappa shape index (κ2) is 6.55. The Kier molecular flexibility index (Phi) is 4.77. The van der Waals surface area contributed by atoms with E-state index in [1.165, 1.54) is 0 Å². The molecule has 1 heterocycles. The molecule has 2 rings (SSSR count). The molecule has 0 bridgehead atoms. The van der Waals surface area contributed by atoms with Crippen molar-refractivity contribution >= 4 is 45.0 Å². The van der Waals surface area contributed by atoms with Crippen molar-refractivity contribution in [3.05, 3.63) is 39.5 Å². The molecule has 0 aliphatic rings. The van der Waals surface area contributed by atoms with Crippen LogP contribution in [0, 0.1) is 11.3 Å². The number of nitrogens with one attached hydrogen (secondary N) is 2. The van der Waals surface area contributed by atoms with Gasteiger partial charge in [-0.3, -0.25) is 0 Å². The van der Waals surface area contributed by atoms with Gasteiger partial charge in [0.1, 0.15) is 5.82 Å². The van der Waals surface area contributed by atoms with Crippen molar-refractivity contribution in [1.82, 2.24) is 9.97 Å². The summed E-state index contributed by atoms with van der Waals surface area (Å²) in [5.41, 5.74) is 1.14. The van der Waals surface area contributed by atoms with Crippen LogP contribution in [0.2, 0.25) is 5.02 Å². The zero-order chi connectivity index (χ0) is 14.5. The summed E-state index contributed by atoms with van der Waals surface area (Å²) in [5, 5.41) is 15.6. The highest BCUT2D eigenvalue weighted by Crippen LogP contribution is 2.29. The molecule has 0 aliphatic carbocycles. The number of aromatic nitrogens is 2. The summed E-state index contributed by atoms with van der Waals surface area (Å²) in [6.45, 7) is 2.69. The lowest BCUT2D eigenvalue weighted by Crippen LogP contribution is -2.04. The van der Waals surface area contributed by atoms with Gasteiger partial charge in [-0.2, -0.15) is 10.2 Å². The second-order valence-corrected chi connectivity index (χ2v) is 5.11. The summed E-state index contributed by atoms with van der Waals surface area (Å²) in [5.74, 6) is 1.10. The Bertz CT molecular complexity index is 668. The van der Waals surface area contributed by atoms with Crippen molar-refractivity contribution in [2.24, 2.45) is 0 Å². The summed E-state index contributed by atoms with van der Waals surface area (Å²) in [6, 6.07) is 7.07. The van der Waals surface area contributed by atoms with E-state index in [4.69, 9.17) is 16.9 Å². The minimum Gasteiger partial charge on any atom is -0.354 e. The second-order valence-electron chi connectivity index (χ2n) is 3.85. The van der Waals surface area contributed by atoms with Gasteiger partial charge >= 0.3 is 0 Å². The van der Waals surface area contributed by atoms with Crippen molar-refractivity contribution in [2.75, 3.05) is 17.2 Å². The first kappa shape index (κ1) is 14.6. The molecule has 20 heavy (non-hydrogen) atoms. The van der Waals surface area contributed by atoms with Crippen molar-refractivity contribution < 1.29 is 0 Å². The largest absolute Gasteiger partial charge is 0.354 e. The molecule has 0 aliphatic heterocycles. The van der Waals surface area contributed by atoms with E-state index in [1.54, 1.807) is 24.4 Å². The third kappa shape index (κ3) is 3.38. The summed E-state index contributed by atoms with van der Waals surface area (Å²) >= 11 is 9.49. The number of halogens is 2. The molecule has 0 radical (unpaired) electrons. The number of nitrogens with zero attached hydrogens (tertiary/aromatic N) is 3. The molecule has 0 unspecified atom stereocenters. The van der Waals surface area contributed by atoms with Gasteiger partial charge in [0.25, 0.3) is 0 Å². The first-order chi connectivity index (χ1) is 9.63. The van der Waals surface area contributed by atoms with Gasteiger partial charge in [0.15, 0.2) is 0 Å². The van der Waals surface area contributed by atoms with Crippen LogP contribution in [0.5, 0.6) is 0 Å². The van der Waals surface area contributed by atoms with Crippen LogP contribution < -0.4 is 10.6 Å². The van der Waals surface area contributed by atoms with Gasteiger partial charge in [0.2, 0.25) is 5.95 Å². The van der Waals surface area contributed by atoms with Crippen LogP contribution >= 0.6 is 27.5 Å². The summed E-state index contributed by atoms with van der Waals surface area (Å²) < 4.78 is 0.706. The lowest BCUT2D eigenvalue weighted by molar-refractivity contribution is 1.08. The summed E-state index contributed by atoms with van der Waals surface area (Å²) in [4.78, 5) is 8.46. The van der Waals surface area contributed by atoms with E-state index >= 15 is 0 Å². The van der Waals surface area contributed by atoms with Crippen LogP contribution in [0.25, 0.3) is 0 Å². The summed E-state index contributed by atoms with van der Waals surface area (Å²) in [7, 11) is 0. The molecule has 1 aromatic heterocycles. The predicted molar refractivity (Wildman–Crippen MR) is 83.3 cm³/mol. The maximum atomic E-state index is 8.92. The first-order valence-corrected chi connectivity index (χ1v) is 7.04. The van der Waals surface area contributed by atoms with Crippen molar-refractivity contribution in [3.8, 4) is 6.07 Å². The van der Waals surface area contributed by atoms with Crippen LogP contribution in [0.15, 0.2) is 28.9 Å². The first-order valence-electron chi connectivity index (χ1n) is 5.87. The van der Waals surface area contributed by atoms with Crippen molar-refractivity contribution in [3.63, 3.8) is 0 Å². The fourth-order valence-corrected chi connectivity index (χ4v) is 1.97. The average molecular weight is 353 g/mol. The van der Waals surface area contributed by atoms with E-state index in [2.05, 4.69) is 42.6 Å². The van der Waals surface area contributed by atoms with E-state index < -0.39 is 0 Å². The number of hydrogen-bond acceptors (Lipinski definition) is 5. The molecular formula is C13H11BrClN5. The maximum Gasteiger partial charge on any atom is 0.224 e. The van der Waals surface area contributed by atoms with Crippen LogP contribution in [-0.4, -0.2) is 16.5 Å². The Morgan fingerprint density at radius 1 is 1.45 bits per heavy atom. The maximum absolute atomic E-state index is 8.92. The molecule has 0 saturated heterocycles. The molecule has 5 nitrogen and oxygen atoms in total. The quantitative estimate of drug-likeness (QED) is 0.872. The molecule has 0 atom stereocenters. The molecule has 0 fully saturated rings. The van der Waals surface area contributed by atoms with Gasteiger partial charge in [-0.05, 0) is 41.1 Å². The smallest absolute Gasteiger partial charge is 0.224 e. The highest BCUT2D eigenvalue weighted by atomic mass is 79.9. The van der Waals surface area contributed by atoms with Gasteiger partial charge in [0, 0.05) is 12.7 Å². The molecule has 7 heteroatoms. The van der Waals surface area contributed by atoms with Crippen molar-refractivity contribution in [1.29, 1.82) is 5.26 Å². The third-order valence-corrected chi connectivity index (χ3v) is 3.34. The SMILES string of the molecule is CCNc1ncc(Br)c(Nc2cc(C#N)ccc2Cl)n1. The third-order valence-electron chi connectivity index (χ3n) is 2.43. The fraction of sp³-hybridized carbons (Fsp3) is 0.154. The van der Waals surface area contributed by atoms with E-state index in [1.807, 2.05) is 6.92 Å². The lowest BCUT2D eigenvalue weighted by atomic mass is 10.2. The van der Waals surface area contributed by atoms with E-state index in [9.17, 15) is 0 Å². The normalized spacial score (nSPS) is 9.90. The molecule has 0 amide bonds. The highest BCUT2D eigenvalue weighted by Gasteiger charge is 2.08. The van der Waals surface area contributed by atoms with Crippen LogP contribution in [0.3, 0.4) is 0 Å². The standard InChI is InChI=1S/C13H11BrClN5/c1-2-17-13-18-7-9(14)12(20-13)19-11-5-8(6-16)3-4-10(11)15/h3-5,7H,2H2,1H3,(H2,17,18,19,20). The predicted octanol–water partition coefficient (Wildman–Crippen LogP) is 3.94. The average Bonchev–Trinajstić information content (AvgIpc) is 2.45. The van der Waals surface area contributed by atoms with Gasteiger partial charge in [0.05, 0.1) is 26.8 Å². The molecule has 0 spiro atoms. The van der Waals surface area contributed by atoms with E-state index in [-0.39, 0.29) is 0 Å². The minimum absolute atomic E-state index is 0.513. The molecule has 1 aromatic carbocycles. The minimum atomic E-state index is 0.513. The number of benzene rings is 1. The number of anilines is 3. The molecular weight excluding hydrogens is 342 g/mol. The molecule has 2 N–H and O–H groups in total. The Labute approximate surface area is 130 Å². The Morgan fingerprint density at radius 3 is 2.95 bits per heavy atom. The zero-order valence-corrected chi connectivity index (χ0v) is 13.0. The topological polar surface area (TPSA) is 73.6 Å². The van der Waals surface area contributed by atoms with Crippen LogP contribution in [0.4, 0.5) is 17.5 Å². The zero-order valence-electron chi connectivity index (χ0n) is 10.6. The highest BCUT2D eigenvalue weighted by molar-refractivity contribution is 9.10. The number of hydrogen-bond donors (Lipinski definition) is 2. The molecule has 102 valence electrons. The summed E-state index contributed by atoms with van der Waals surface area (Å²) in [6.07, 6.45) is 1.65. The Balaban J connectivity index is 2.34. The number of nitriles is 1. The number of rotatable bonds is 4. The monoisotopic (exact) mass is 351 g/mol. The Morgan fingerprint density at radius 2 is 2.25 bits per heavy atom. The molecule has 0 saturated carbocycles. The van der Waals surface area contributed by atoms with Crippen LogP contribution in [-0.2, 0) is 0 Å². The van der Waals surface area contributed by atoms with Gasteiger partial charge in [-0.1, -0.05) is 11.6 Å². The molecule has 2 aromatic rings. The van der Waals surface area contributed by atoms with E-state index in [0.29, 0.717) is 32.5 Å². The van der Waals surface area contributed by atoms with Crippen LogP contribution in [0.1, 0.15) is 12.5 Å².